The number of benzene rings is 1. The number of piperazine rings is 1. The molecule has 2 heterocycles. The smallest absolute Gasteiger partial charge is 0.270 e. The Bertz CT molecular complexity index is 680. The molecule has 1 aliphatic heterocycles. The maximum atomic E-state index is 12.3. The van der Waals surface area contributed by atoms with E-state index in [2.05, 4.69) is 17.1 Å². The molecule has 25 heavy (non-hydrogen) atoms. The largest absolute Gasteiger partial charge is 0.357 e. The first kappa shape index (κ1) is 17.6. The molecule has 2 aromatic rings. The highest BCUT2D eigenvalue weighted by Crippen LogP contribution is 2.14. The molecule has 0 bridgehead atoms. The average Bonchev–Trinajstić information content (AvgIpc) is 3.20. The second-order valence-corrected chi connectivity index (χ2v) is 7.15. The molecule has 1 aromatic heterocycles. The summed E-state index contributed by atoms with van der Waals surface area (Å²) in [5.74, 6) is 1.96. The van der Waals surface area contributed by atoms with Crippen molar-refractivity contribution in [3.8, 4) is 0 Å². The third-order valence-electron chi connectivity index (χ3n) is 4.32. The van der Waals surface area contributed by atoms with Crippen molar-refractivity contribution in [1.29, 1.82) is 0 Å². The van der Waals surface area contributed by atoms with Crippen LogP contribution in [0, 0.1) is 0 Å². The maximum Gasteiger partial charge on any atom is 0.270 e. The number of hydrogen-bond acceptors (Lipinski definition) is 3. The maximum absolute atomic E-state index is 12.3. The zero-order valence-corrected chi connectivity index (χ0v) is 15.0. The second-order valence-electron chi connectivity index (χ2n) is 6.04. The minimum Gasteiger partial charge on any atom is -0.357 e. The molecule has 5 nitrogen and oxygen atoms in total. The van der Waals surface area contributed by atoms with E-state index in [0.717, 1.165) is 11.5 Å². The monoisotopic (exact) mass is 357 g/mol. The van der Waals surface area contributed by atoms with Crippen LogP contribution in [0.3, 0.4) is 0 Å². The number of nitrogens with one attached hydrogen (secondary N) is 1. The van der Waals surface area contributed by atoms with Gasteiger partial charge in [-0.1, -0.05) is 30.3 Å². The van der Waals surface area contributed by atoms with E-state index < -0.39 is 0 Å². The van der Waals surface area contributed by atoms with Gasteiger partial charge in [0, 0.05) is 50.3 Å². The molecule has 1 N–H and O–H groups in total. The van der Waals surface area contributed by atoms with Crippen LogP contribution in [0.5, 0.6) is 0 Å². The quantitative estimate of drug-likeness (QED) is 0.809. The average molecular weight is 357 g/mol. The number of aromatic amines is 1. The highest BCUT2D eigenvalue weighted by Gasteiger charge is 2.24. The van der Waals surface area contributed by atoms with Crippen molar-refractivity contribution < 1.29 is 9.59 Å². The van der Waals surface area contributed by atoms with E-state index in [9.17, 15) is 9.59 Å². The molecule has 0 unspecified atom stereocenters. The molecule has 0 radical (unpaired) electrons. The van der Waals surface area contributed by atoms with E-state index >= 15 is 0 Å². The second kappa shape index (κ2) is 8.76. The lowest BCUT2D eigenvalue weighted by atomic mass is 10.2. The summed E-state index contributed by atoms with van der Waals surface area (Å²) in [5.41, 5.74) is 1.90. The lowest BCUT2D eigenvalue weighted by molar-refractivity contribution is -0.132. The van der Waals surface area contributed by atoms with Crippen molar-refractivity contribution in [2.45, 2.75) is 12.2 Å². The molecule has 6 heteroatoms. The van der Waals surface area contributed by atoms with E-state index in [1.807, 2.05) is 29.2 Å². The van der Waals surface area contributed by atoms with E-state index in [1.54, 1.807) is 28.9 Å². The Morgan fingerprint density at radius 3 is 2.36 bits per heavy atom. The topological polar surface area (TPSA) is 56.4 Å². The number of nitrogens with zero attached hydrogens (tertiary/aromatic N) is 2. The number of hydrogen-bond donors (Lipinski definition) is 1. The molecule has 1 aromatic carbocycles. The van der Waals surface area contributed by atoms with Gasteiger partial charge in [0.2, 0.25) is 5.91 Å². The third kappa shape index (κ3) is 4.89. The van der Waals surface area contributed by atoms with Crippen LogP contribution >= 0.6 is 11.8 Å². The van der Waals surface area contributed by atoms with Crippen LogP contribution in [0.15, 0.2) is 48.7 Å². The fourth-order valence-corrected chi connectivity index (χ4v) is 3.77. The number of carbonyl (C=O) groups excluding carboxylic acids is 2. The van der Waals surface area contributed by atoms with Gasteiger partial charge in [-0.05, 0) is 17.7 Å². The van der Waals surface area contributed by atoms with Gasteiger partial charge in [-0.25, -0.2) is 0 Å². The van der Waals surface area contributed by atoms with Crippen LogP contribution in [0.25, 0.3) is 0 Å². The van der Waals surface area contributed by atoms with E-state index in [1.165, 1.54) is 5.56 Å². The highest BCUT2D eigenvalue weighted by atomic mass is 32.2. The van der Waals surface area contributed by atoms with Crippen LogP contribution in [0.4, 0.5) is 0 Å². The van der Waals surface area contributed by atoms with Crippen molar-refractivity contribution in [2.75, 3.05) is 31.9 Å². The SMILES string of the molecule is O=C(CCSCc1ccccc1)N1CCN(C(=O)c2ccc[nH]2)CC1. The number of aromatic nitrogens is 1. The van der Waals surface area contributed by atoms with E-state index in [-0.39, 0.29) is 11.8 Å². The molecule has 1 fully saturated rings. The molecule has 1 saturated heterocycles. The van der Waals surface area contributed by atoms with Gasteiger partial charge in [0.1, 0.15) is 5.69 Å². The lowest BCUT2D eigenvalue weighted by Gasteiger charge is -2.34. The van der Waals surface area contributed by atoms with Crippen LogP contribution in [-0.2, 0) is 10.5 Å². The Balaban J connectivity index is 1.36. The normalized spacial score (nSPS) is 14.6. The Labute approximate surface area is 152 Å². The summed E-state index contributed by atoms with van der Waals surface area (Å²) >= 11 is 1.79. The van der Waals surface area contributed by atoms with E-state index in [0.29, 0.717) is 38.3 Å². The van der Waals surface area contributed by atoms with Crippen molar-refractivity contribution in [3.63, 3.8) is 0 Å². The minimum atomic E-state index is 0.00974. The molecule has 0 saturated carbocycles. The van der Waals surface area contributed by atoms with Gasteiger partial charge in [-0.2, -0.15) is 11.8 Å². The molecule has 2 amide bonds. The van der Waals surface area contributed by atoms with Gasteiger partial charge in [-0.15, -0.1) is 0 Å². The van der Waals surface area contributed by atoms with Crippen molar-refractivity contribution >= 4 is 23.6 Å². The molecule has 0 aliphatic carbocycles. The summed E-state index contributed by atoms with van der Waals surface area (Å²) in [4.78, 5) is 31.2. The summed E-state index contributed by atoms with van der Waals surface area (Å²) in [6, 6.07) is 13.9. The van der Waals surface area contributed by atoms with Crippen molar-refractivity contribution in [1.82, 2.24) is 14.8 Å². The highest BCUT2D eigenvalue weighted by molar-refractivity contribution is 7.98. The zero-order chi connectivity index (χ0) is 17.5. The summed E-state index contributed by atoms with van der Waals surface area (Å²) in [6.45, 7) is 2.44. The van der Waals surface area contributed by atoms with Crippen LogP contribution in [0.2, 0.25) is 0 Å². The molecule has 0 spiro atoms. The first-order valence-corrected chi connectivity index (χ1v) is 9.71. The molecule has 0 atom stereocenters. The van der Waals surface area contributed by atoms with Gasteiger partial charge >= 0.3 is 0 Å². The number of rotatable bonds is 6. The van der Waals surface area contributed by atoms with Crippen molar-refractivity contribution in [2.24, 2.45) is 0 Å². The number of H-pyrrole nitrogens is 1. The molecular weight excluding hydrogens is 334 g/mol. The van der Waals surface area contributed by atoms with Gasteiger partial charge in [0.05, 0.1) is 0 Å². The number of thioether (sulfide) groups is 1. The Morgan fingerprint density at radius 2 is 1.68 bits per heavy atom. The molecule has 132 valence electrons. The number of amides is 2. The first-order chi connectivity index (χ1) is 12.2. The third-order valence-corrected chi connectivity index (χ3v) is 5.35. The summed E-state index contributed by atoms with van der Waals surface area (Å²) in [6.07, 6.45) is 2.31. The van der Waals surface area contributed by atoms with Gasteiger partial charge < -0.3 is 14.8 Å². The first-order valence-electron chi connectivity index (χ1n) is 8.56. The summed E-state index contributed by atoms with van der Waals surface area (Å²) < 4.78 is 0. The summed E-state index contributed by atoms with van der Waals surface area (Å²) in [5, 5.41) is 0. The lowest BCUT2D eigenvalue weighted by Crippen LogP contribution is -2.50. The van der Waals surface area contributed by atoms with Crippen LogP contribution in [0.1, 0.15) is 22.5 Å². The summed E-state index contributed by atoms with van der Waals surface area (Å²) in [7, 11) is 0. The molecular formula is C19H23N3O2S. The fraction of sp³-hybridized carbons (Fsp3) is 0.368. The van der Waals surface area contributed by atoms with Crippen molar-refractivity contribution in [3.05, 3.63) is 59.9 Å². The van der Waals surface area contributed by atoms with Gasteiger partial charge in [-0.3, -0.25) is 9.59 Å². The zero-order valence-electron chi connectivity index (χ0n) is 14.2. The van der Waals surface area contributed by atoms with Gasteiger partial charge in [0.15, 0.2) is 0 Å². The van der Waals surface area contributed by atoms with Crippen LogP contribution < -0.4 is 0 Å². The Morgan fingerprint density at radius 1 is 0.960 bits per heavy atom. The predicted molar refractivity (Wildman–Crippen MR) is 100 cm³/mol. The van der Waals surface area contributed by atoms with Crippen LogP contribution in [-0.4, -0.2) is 58.5 Å². The van der Waals surface area contributed by atoms with Gasteiger partial charge in [0.25, 0.3) is 5.91 Å². The predicted octanol–water partition coefficient (Wildman–Crippen LogP) is 2.62. The van der Waals surface area contributed by atoms with E-state index in [4.69, 9.17) is 0 Å². The fourth-order valence-electron chi connectivity index (χ4n) is 2.87. The minimum absolute atomic E-state index is 0.00974. The Kier molecular flexibility index (Phi) is 6.17. The molecule has 3 rings (SSSR count). The Hall–Kier alpha value is -2.21. The number of carbonyl (C=O) groups is 2. The molecule has 1 aliphatic rings. The standard InChI is InChI=1S/C19H23N3O2S/c23-18(8-14-25-15-16-5-2-1-3-6-16)21-10-12-22(13-11-21)19(24)17-7-4-9-20-17/h1-7,9,20H,8,10-15H2.